The molecule has 2 heterocycles. The van der Waals surface area contributed by atoms with Crippen molar-refractivity contribution in [1.82, 2.24) is 15.3 Å². The van der Waals surface area contributed by atoms with Gasteiger partial charge in [0.25, 0.3) is 0 Å². The molecule has 3 aliphatic rings. The standard InChI is InChI=1S/C28H31F3N4O3/c29-28(30,31)24(20-9-5-4-8-19(20)17-6-2-1-3-7-17)38-23-14-21(34-26(32)35-23)18-10-12-27(13-11-18)15-22(25(36)37)33-16-27/h4-6,8-10,14,22,24,33H,1-3,7,11-13,15-16H2,(H,36,37)(H2,32,34,35). The van der Waals surface area contributed by atoms with Crippen LogP contribution in [0.25, 0.3) is 11.1 Å². The Hall–Kier alpha value is -3.40. The number of rotatable bonds is 6. The van der Waals surface area contributed by atoms with Crippen molar-refractivity contribution in [2.24, 2.45) is 5.41 Å². The average molecular weight is 529 g/mol. The van der Waals surface area contributed by atoms with Gasteiger partial charge in [-0.3, -0.25) is 4.79 Å². The summed E-state index contributed by atoms with van der Waals surface area (Å²) < 4.78 is 48.7. The lowest BCUT2D eigenvalue weighted by atomic mass is 9.73. The van der Waals surface area contributed by atoms with Crippen LogP contribution in [0.5, 0.6) is 5.88 Å². The summed E-state index contributed by atoms with van der Waals surface area (Å²) in [4.78, 5) is 19.6. The van der Waals surface area contributed by atoms with Gasteiger partial charge >= 0.3 is 12.1 Å². The van der Waals surface area contributed by atoms with E-state index in [-0.39, 0.29) is 22.8 Å². The number of carbonyl (C=O) groups is 1. The van der Waals surface area contributed by atoms with Gasteiger partial charge in [0, 0.05) is 18.2 Å². The van der Waals surface area contributed by atoms with E-state index in [9.17, 15) is 23.1 Å². The quantitative estimate of drug-likeness (QED) is 0.441. The second-order valence-corrected chi connectivity index (χ2v) is 10.5. The molecule has 0 radical (unpaired) electrons. The van der Waals surface area contributed by atoms with E-state index in [1.165, 1.54) is 12.1 Å². The minimum Gasteiger partial charge on any atom is -0.480 e. The van der Waals surface area contributed by atoms with Crippen LogP contribution in [0.3, 0.4) is 0 Å². The Morgan fingerprint density at radius 3 is 2.63 bits per heavy atom. The SMILES string of the molecule is Nc1nc(OC(c2ccccc2C2=CCCCC2)C(F)(F)F)cc(C2=CCC3(CC2)CNC(C(=O)O)C3)n1. The highest BCUT2D eigenvalue weighted by molar-refractivity contribution is 5.74. The molecule has 1 saturated heterocycles. The summed E-state index contributed by atoms with van der Waals surface area (Å²) in [6.07, 6.45) is 3.15. The van der Waals surface area contributed by atoms with E-state index in [0.717, 1.165) is 43.3 Å². The predicted molar refractivity (Wildman–Crippen MR) is 137 cm³/mol. The fourth-order valence-electron chi connectivity index (χ4n) is 5.81. The van der Waals surface area contributed by atoms with Crippen molar-refractivity contribution in [2.45, 2.75) is 69.7 Å². The second-order valence-electron chi connectivity index (χ2n) is 10.5. The van der Waals surface area contributed by atoms with E-state index >= 15 is 0 Å². The summed E-state index contributed by atoms with van der Waals surface area (Å²) >= 11 is 0. The van der Waals surface area contributed by atoms with Gasteiger partial charge in [0.05, 0.1) is 5.69 Å². The number of hydrogen-bond donors (Lipinski definition) is 3. The molecule has 1 fully saturated rings. The summed E-state index contributed by atoms with van der Waals surface area (Å²) in [6.45, 7) is 0.608. The molecular weight excluding hydrogens is 497 g/mol. The fraction of sp³-hybridized carbons (Fsp3) is 0.464. The number of nitrogens with two attached hydrogens (primary N) is 1. The number of nitrogen functional groups attached to an aromatic ring is 1. The first kappa shape index (κ1) is 26.2. The van der Waals surface area contributed by atoms with Crippen molar-refractivity contribution in [3.05, 3.63) is 59.3 Å². The molecule has 2 aliphatic carbocycles. The van der Waals surface area contributed by atoms with Crippen LogP contribution in [0.2, 0.25) is 0 Å². The number of benzene rings is 1. The highest BCUT2D eigenvalue weighted by Crippen LogP contribution is 2.45. The lowest BCUT2D eigenvalue weighted by Gasteiger charge is -2.32. The monoisotopic (exact) mass is 528 g/mol. The fourth-order valence-corrected chi connectivity index (χ4v) is 5.81. The number of nitrogens with zero attached hydrogens (tertiary/aromatic N) is 2. The molecule has 1 spiro atoms. The topological polar surface area (TPSA) is 110 Å². The lowest BCUT2D eigenvalue weighted by molar-refractivity contribution is -0.198. The highest BCUT2D eigenvalue weighted by Gasteiger charge is 2.45. The molecule has 4 N–H and O–H groups in total. The van der Waals surface area contributed by atoms with Gasteiger partial charge in [-0.05, 0) is 73.5 Å². The van der Waals surface area contributed by atoms with E-state index in [4.69, 9.17) is 10.5 Å². The normalized spacial score (nSPS) is 24.6. The zero-order chi connectivity index (χ0) is 26.9. The number of aliphatic carboxylic acids is 1. The molecule has 38 heavy (non-hydrogen) atoms. The van der Waals surface area contributed by atoms with Crippen molar-refractivity contribution < 1.29 is 27.8 Å². The molecule has 1 aliphatic heterocycles. The maximum absolute atomic E-state index is 14.4. The molecule has 0 amide bonds. The Labute approximate surface area is 219 Å². The maximum atomic E-state index is 14.4. The molecule has 5 rings (SSSR count). The van der Waals surface area contributed by atoms with E-state index < -0.39 is 24.3 Å². The number of aromatic nitrogens is 2. The van der Waals surface area contributed by atoms with Gasteiger partial charge in [-0.2, -0.15) is 18.2 Å². The van der Waals surface area contributed by atoms with Crippen LogP contribution in [0.15, 0.2) is 42.5 Å². The molecule has 0 saturated carbocycles. The average Bonchev–Trinajstić information content (AvgIpc) is 3.31. The molecule has 1 aromatic heterocycles. The smallest absolute Gasteiger partial charge is 0.429 e. The van der Waals surface area contributed by atoms with Crippen LogP contribution in [0.4, 0.5) is 19.1 Å². The molecule has 2 aromatic rings. The number of carboxylic acids is 1. The Balaban J connectivity index is 1.41. The summed E-state index contributed by atoms with van der Waals surface area (Å²) in [7, 11) is 0. The van der Waals surface area contributed by atoms with E-state index in [1.54, 1.807) is 18.2 Å². The van der Waals surface area contributed by atoms with Gasteiger partial charge in [-0.15, -0.1) is 0 Å². The molecular formula is C28H31F3N4O3. The summed E-state index contributed by atoms with van der Waals surface area (Å²) in [5.74, 6) is -1.27. The molecule has 3 atom stereocenters. The Kier molecular flexibility index (Phi) is 7.17. The number of halogens is 3. The summed E-state index contributed by atoms with van der Waals surface area (Å²) in [6, 6.07) is 7.34. The number of anilines is 1. The first-order valence-corrected chi connectivity index (χ1v) is 13.0. The molecule has 202 valence electrons. The summed E-state index contributed by atoms with van der Waals surface area (Å²) in [5.41, 5.74) is 8.52. The predicted octanol–water partition coefficient (Wildman–Crippen LogP) is 5.70. The second kappa shape index (κ2) is 10.4. The summed E-state index contributed by atoms with van der Waals surface area (Å²) in [5, 5.41) is 12.4. The van der Waals surface area contributed by atoms with Crippen LogP contribution in [-0.2, 0) is 4.79 Å². The molecule has 1 aromatic carbocycles. The molecule has 7 nitrogen and oxygen atoms in total. The van der Waals surface area contributed by atoms with Crippen LogP contribution in [-0.4, -0.2) is 39.8 Å². The van der Waals surface area contributed by atoms with E-state index in [1.807, 2.05) is 12.2 Å². The van der Waals surface area contributed by atoms with Crippen molar-refractivity contribution in [1.29, 1.82) is 0 Å². The third-order valence-electron chi connectivity index (χ3n) is 7.83. The van der Waals surface area contributed by atoms with Gasteiger partial charge in [-0.1, -0.05) is 36.4 Å². The number of alkyl halides is 3. The number of ether oxygens (including phenoxy) is 1. The molecule has 3 unspecified atom stereocenters. The Bertz CT molecular complexity index is 1280. The Morgan fingerprint density at radius 1 is 1.16 bits per heavy atom. The largest absolute Gasteiger partial charge is 0.480 e. The van der Waals surface area contributed by atoms with E-state index in [2.05, 4.69) is 15.3 Å². The maximum Gasteiger partial charge on any atom is 0.429 e. The zero-order valence-corrected chi connectivity index (χ0v) is 20.9. The van der Waals surface area contributed by atoms with Crippen molar-refractivity contribution in [3.8, 4) is 5.88 Å². The number of hydrogen-bond acceptors (Lipinski definition) is 6. The van der Waals surface area contributed by atoms with Crippen molar-refractivity contribution in [3.63, 3.8) is 0 Å². The highest BCUT2D eigenvalue weighted by atomic mass is 19.4. The van der Waals surface area contributed by atoms with E-state index in [0.29, 0.717) is 37.1 Å². The third kappa shape index (κ3) is 5.55. The first-order chi connectivity index (χ1) is 18.1. The third-order valence-corrected chi connectivity index (χ3v) is 7.83. The Morgan fingerprint density at radius 2 is 1.97 bits per heavy atom. The van der Waals surface area contributed by atoms with Crippen molar-refractivity contribution >= 4 is 23.1 Å². The van der Waals surface area contributed by atoms with Crippen LogP contribution < -0.4 is 15.8 Å². The number of allylic oxidation sites excluding steroid dienone is 4. The van der Waals surface area contributed by atoms with Gasteiger partial charge in [0.2, 0.25) is 17.9 Å². The molecule has 0 bridgehead atoms. The van der Waals surface area contributed by atoms with Crippen LogP contribution >= 0.6 is 0 Å². The van der Waals surface area contributed by atoms with Gasteiger partial charge in [-0.25, -0.2) is 4.98 Å². The van der Waals surface area contributed by atoms with Gasteiger partial charge in [0.15, 0.2) is 0 Å². The minimum absolute atomic E-state index is 0.0485. The lowest BCUT2D eigenvalue weighted by Crippen LogP contribution is -2.30. The minimum atomic E-state index is -4.68. The van der Waals surface area contributed by atoms with Crippen LogP contribution in [0.1, 0.15) is 74.3 Å². The number of carboxylic acid groups (broad SMARTS) is 1. The van der Waals surface area contributed by atoms with Crippen LogP contribution in [0, 0.1) is 5.41 Å². The van der Waals surface area contributed by atoms with Gasteiger partial charge < -0.3 is 20.9 Å². The van der Waals surface area contributed by atoms with Crippen molar-refractivity contribution in [2.75, 3.05) is 12.3 Å². The molecule has 10 heteroatoms. The zero-order valence-electron chi connectivity index (χ0n) is 20.9. The van der Waals surface area contributed by atoms with Gasteiger partial charge in [0.1, 0.15) is 6.04 Å². The first-order valence-electron chi connectivity index (χ1n) is 13.0. The number of nitrogens with one attached hydrogen (secondary N) is 1.